The van der Waals surface area contributed by atoms with E-state index < -0.39 is 0 Å². The average molecular weight is 229 g/mol. The van der Waals surface area contributed by atoms with Crippen LogP contribution in [0.5, 0.6) is 0 Å². The monoisotopic (exact) mass is 229 g/mol. The van der Waals surface area contributed by atoms with Crippen molar-refractivity contribution < 1.29 is 4.79 Å². The average Bonchev–Trinajstić information content (AvgIpc) is 1.99. The van der Waals surface area contributed by atoms with Crippen LogP contribution in [-0.4, -0.2) is 17.5 Å². The molecule has 0 bridgehead atoms. The molecular formula is C12H27N3O. The lowest BCUT2D eigenvalue weighted by Gasteiger charge is -2.34. The van der Waals surface area contributed by atoms with E-state index in [1.807, 2.05) is 20.8 Å². The predicted octanol–water partition coefficient (Wildman–Crippen LogP) is 1.56. The van der Waals surface area contributed by atoms with Gasteiger partial charge in [0.25, 0.3) is 0 Å². The summed E-state index contributed by atoms with van der Waals surface area (Å²) in [4.78, 5) is 11.9. The molecule has 4 heteroatoms. The first-order valence-corrected chi connectivity index (χ1v) is 5.89. The highest BCUT2D eigenvalue weighted by Gasteiger charge is 2.28. The second-order valence-corrected chi connectivity index (χ2v) is 6.24. The highest BCUT2D eigenvalue weighted by atomic mass is 16.2. The van der Waals surface area contributed by atoms with Gasteiger partial charge in [-0.15, -0.1) is 0 Å². The largest absolute Gasteiger partial charge is 0.350 e. The second-order valence-electron chi connectivity index (χ2n) is 6.24. The minimum atomic E-state index is -0.306. The molecule has 0 heterocycles. The van der Waals surface area contributed by atoms with Crippen molar-refractivity contribution in [3.05, 3.63) is 0 Å². The van der Waals surface area contributed by atoms with Crippen LogP contribution < -0.4 is 16.6 Å². The number of rotatable bonds is 5. The van der Waals surface area contributed by atoms with Gasteiger partial charge in [0.1, 0.15) is 0 Å². The van der Waals surface area contributed by atoms with Crippen molar-refractivity contribution in [2.45, 2.75) is 66.0 Å². The molecule has 0 saturated carbocycles. The first-order chi connectivity index (χ1) is 7.11. The third kappa shape index (κ3) is 6.08. The lowest BCUT2D eigenvalue weighted by molar-refractivity contribution is -0.125. The molecule has 1 amide bonds. The third-order valence-electron chi connectivity index (χ3n) is 2.36. The van der Waals surface area contributed by atoms with Crippen LogP contribution in [0.25, 0.3) is 0 Å². The summed E-state index contributed by atoms with van der Waals surface area (Å²) < 4.78 is 0. The topological polar surface area (TPSA) is 67.1 Å². The van der Waals surface area contributed by atoms with E-state index in [2.05, 4.69) is 31.5 Å². The van der Waals surface area contributed by atoms with Gasteiger partial charge in [0.2, 0.25) is 5.91 Å². The van der Waals surface area contributed by atoms with E-state index >= 15 is 0 Å². The normalized spacial score (nSPS) is 14.7. The van der Waals surface area contributed by atoms with Gasteiger partial charge >= 0.3 is 0 Å². The van der Waals surface area contributed by atoms with Crippen LogP contribution in [-0.2, 0) is 4.79 Å². The molecule has 0 fully saturated rings. The van der Waals surface area contributed by atoms with Crippen molar-refractivity contribution >= 4 is 5.91 Å². The lowest BCUT2D eigenvalue weighted by atomic mass is 9.81. The fraction of sp³-hybridized carbons (Fsp3) is 0.917. The Morgan fingerprint density at radius 1 is 1.25 bits per heavy atom. The van der Waals surface area contributed by atoms with Crippen molar-refractivity contribution in [2.75, 3.05) is 0 Å². The molecular weight excluding hydrogens is 202 g/mol. The summed E-state index contributed by atoms with van der Waals surface area (Å²) in [5.74, 6) is 5.29. The van der Waals surface area contributed by atoms with E-state index in [9.17, 15) is 4.79 Å². The summed E-state index contributed by atoms with van der Waals surface area (Å²) in [6.07, 6.45) is 1.61. The fourth-order valence-electron chi connectivity index (χ4n) is 2.17. The van der Waals surface area contributed by atoms with Gasteiger partial charge in [0.05, 0.1) is 6.04 Å². The van der Waals surface area contributed by atoms with Gasteiger partial charge in [0, 0.05) is 5.54 Å². The Morgan fingerprint density at radius 3 is 2.06 bits per heavy atom. The first-order valence-electron chi connectivity index (χ1n) is 5.89. The van der Waals surface area contributed by atoms with Crippen LogP contribution in [0.2, 0.25) is 0 Å². The quantitative estimate of drug-likeness (QED) is 0.495. The highest BCUT2D eigenvalue weighted by Crippen LogP contribution is 2.26. The Bertz CT molecular complexity index is 227. The Balaban J connectivity index is 4.41. The molecule has 1 unspecified atom stereocenters. The molecule has 0 aliphatic heterocycles. The first kappa shape index (κ1) is 15.4. The van der Waals surface area contributed by atoms with Crippen LogP contribution in [0, 0.1) is 5.41 Å². The highest BCUT2D eigenvalue weighted by molar-refractivity contribution is 5.82. The van der Waals surface area contributed by atoms with Crippen LogP contribution in [0.4, 0.5) is 0 Å². The summed E-state index contributed by atoms with van der Waals surface area (Å²) in [6.45, 7) is 12.5. The maximum atomic E-state index is 11.9. The van der Waals surface area contributed by atoms with Gasteiger partial charge in [-0.2, -0.15) is 0 Å². The number of hydrazine groups is 1. The minimum absolute atomic E-state index is 0.0285. The van der Waals surface area contributed by atoms with Gasteiger partial charge in [-0.25, -0.2) is 5.43 Å². The van der Waals surface area contributed by atoms with Crippen LogP contribution in [0.3, 0.4) is 0 Å². The van der Waals surface area contributed by atoms with E-state index in [4.69, 9.17) is 5.84 Å². The summed E-state index contributed by atoms with van der Waals surface area (Å²) in [5.41, 5.74) is 2.51. The SMILES string of the molecule is CCC(NN)C(=O)NC(C)(C)CC(C)(C)C. The molecule has 0 aliphatic carbocycles. The molecule has 0 aromatic carbocycles. The van der Waals surface area contributed by atoms with E-state index in [1.165, 1.54) is 0 Å². The van der Waals surface area contributed by atoms with E-state index in [0.717, 1.165) is 6.42 Å². The molecule has 0 aromatic heterocycles. The Labute approximate surface area is 99.3 Å². The molecule has 1 atom stereocenters. The minimum Gasteiger partial charge on any atom is -0.350 e. The molecule has 0 rings (SSSR count). The Kier molecular flexibility index (Phi) is 5.42. The third-order valence-corrected chi connectivity index (χ3v) is 2.36. The zero-order chi connectivity index (χ0) is 13.0. The van der Waals surface area contributed by atoms with Crippen molar-refractivity contribution in [2.24, 2.45) is 11.3 Å². The smallest absolute Gasteiger partial charge is 0.238 e. The van der Waals surface area contributed by atoms with Crippen molar-refractivity contribution in [3.8, 4) is 0 Å². The fourth-order valence-corrected chi connectivity index (χ4v) is 2.17. The summed E-state index contributed by atoms with van der Waals surface area (Å²) in [5, 5.41) is 3.03. The number of nitrogens with one attached hydrogen (secondary N) is 2. The van der Waals surface area contributed by atoms with Crippen molar-refractivity contribution in [1.82, 2.24) is 10.7 Å². The molecule has 0 saturated heterocycles. The summed E-state index contributed by atoms with van der Waals surface area (Å²) in [6, 6.07) is -0.306. The number of carbonyl (C=O) groups is 1. The molecule has 16 heavy (non-hydrogen) atoms. The van der Waals surface area contributed by atoms with Crippen LogP contribution >= 0.6 is 0 Å². The molecule has 4 nitrogen and oxygen atoms in total. The Morgan fingerprint density at radius 2 is 1.75 bits per heavy atom. The summed E-state index contributed by atoms with van der Waals surface area (Å²) in [7, 11) is 0. The van der Waals surface area contributed by atoms with Gasteiger partial charge in [0.15, 0.2) is 0 Å². The maximum absolute atomic E-state index is 11.9. The van der Waals surface area contributed by atoms with Gasteiger partial charge in [-0.3, -0.25) is 10.6 Å². The number of carbonyl (C=O) groups excluding carboxylic acids is 1. The molecule has 0 aromatic rings. The van der Waals surface area contributed by atoms with Crippen LogP contribution in [0.15, 0.2) is 0 Å². The molecule has 96 valence electrons. The molecule has 0 radical (unpaired) electrons. The Hall–Kier alpha value is -0.610. The summed E-state index contributed by atoms with van der Waals surface area (Å²) >= 11 is 0. The lowest BCUT2D eigenvalue weighted by Crippen LogP contribution is -2.54. The molecule has 0 aliphatic rings. The molecule has 0 spiro atoms. The van der Waals surface area contributed by atoms with Gasteiger partial charge in [-0.1, -0.05) is 27.7 Å². The number of hydrogen-bond donors (Lipinski definition) is 3. The maximum Gasteiger partial charge on any atom is 0.238 e. The van der Waals surface area contributed by atoms with E-state index in [-0.39, 0.29) is 22.9 Å². The molecule has 4 N–H and O–H groups in total. The number of hydrogen-bond acceptors (Lipinski definition) is 3. The predicted molar refractivity (Wildman–Crippen MR) is 67.7 cm³/mol. The number of amides is 1. The van der Waals surface area contributed by atoms with E-state index in [0.29, 0.717) is 6.42 Å². The van der Waals surface area contributed by atoms with Crippen molar-refractivity contribution in [1.29, 1.82) is 0 Å². The van der Waals surface area contributed by atoms with Crippen LogP contribution in [0.1, 0.15) is 54.4 Å². The van der Waals surface area contributed by atoms with Gasteiger partial charge in [-0.05, 0) is 32.1 Å². The van der Waals surface area contributed by atoms with E-state index in [1.54, 1.807) is 0 Å². The van der Waals surface area contributed by atoms with Crippen molar-refractivity contribution in [3.63, 3.8) is 0 Å². The van der Waals surface area contributed by atoms with Gasteiger partial charge < -0.3 is 5.32 Å². The second kappa shape index (κ2) is 5.64. The standard InChI is InChI=1S/C12H27N3O/c1-7-9(15-13)10(16)14-12(5,6)8-11(2,3)4/h9,15H,7-8,13H2,1-6H3,(H,14,16). The zero-order valence-corrected chi connectivity index (χ0v) is 11.5. The number of nitrogens with two attached hydrogens (primary N) is 1. The zero-order valence-electron chi connectivity index (χ0n) is 11.5.